The Hall–Kier alpha value is 1.21. The van der Waals surface area contributed by atoms with Crippen LogP contribution in [0, 0.1) is 5.41 Å². The molecule has 1 heterocycles. The van der Waals surface area contributed by atoms with Gasteiger partial charge in [0, 0.05) is 19.0 Å². The fourth-order valence-corrected chi connectivity index (χ4v) is 2.33. The van der Waals surface area contributed by atoms with E-state index < -0.39 is 0 Å². The number of aliphatic hydroxyl groups is 1. The van der Waals surface area contributed by atoms with Crippen LogP contribution in [0.1, 0.15) is 54.3 Å². The third-order valence-corrected chi connectivity index (χ3v) is 3.11. The molecule has 0 radical (unpaired) electrons. The molecule has 0 amide bonds. The van der Waals surface area contributed by atoms with Crippen molar-refractivity contribution < 1.29 is 36.1 Å². The summed E-state index contributed by atoms with van der Waals surface area (Å²) in [5, 5.41) is 8.57. The van der Waals surface area contributed by atoms with Gasteiger partial charge in [0.1, 0.15) is 0 Å². The van der Waals surface area contributed by atoms with E-state index >= 15 is 0 Å². The maximum atomic E-state index is 8.57. The van der Waals surface area contributed by atoms with Crippen LogP contribution in [0.25, 0.3) is 0 Å². The molecule has 1 fully saturated rings. The first-order valence-electron chi connectivity index (χ1n) is 6.89. The Balaban J connectivity index is -0.000000258. The van der Waals surface area contributed by atoms with Crippen LogP contribution in [0.15, 0.2) is 0 Å². The molecule has 1 N–H and O–H groups in total. The van der Waals surface area contributed by atoms with Crippen LogP contribution >= 0.6 is 11.6 Å². The average Bonchev–Trinajstić information content (AvgIpc) is 2.27. The predicted octanol–water partition coefficient (Wildman–Crippen LogP) is 0.633. The molecule has 0 saturated carbocycles. The molecule has 0 aromatic heterocycles. The number of hydrogen-bond acceptors (Lipinski definition) is 2. The van der Waals surface area contributed by atoms with Gasteiger partial charge >= 0.3 is 29.6 Å². The maximum absolute atomic E-state index is 8.57. The Bertz CT molecular complexity index is 173. The van der Waals surface area contributed by atoms with Crippen molar-refractivity contribution in [2.45, 2.75) is 52.9 Å². The molecule has 1 rings (SSSR count). The zero-order chi connectivity index (χ0) is 13.1. The van der Waals surface area contributed by atoms with E-state index in [0.717, 1.165) is 25.3 Å². The van der Waals surface area contributed by atoms with E-state index in [-0.39, 0.29) is 31.0 Å². The molecule has 1 saturated heterocycles. The fraction of sp³-hybridized carbons (Fsp3) is 1.00. The third-order valence-electron chi connectivity index (χ3n) is 2.93. The van der Waals surface area contributed by atoms with Crippen molar-refractivity contribution in [1.82, 2.24) is 4.90 Å². The molecule has 0 aromatic carbocycles. The average molecular weight is 288 g/mol. The third kappa shape index (κ3) is 15.3. The summed E-state index contributed by atoms with van der Waals surface area (Å²) >= 11 is 5.49. The number of halogens is 1. The molecule has 0 spiro atoms. The standard InChI is InChI=1S/C8H17NO.C6H13Cl.Na.H/c10-8-4-7-9-5-2-1-3-6-9;1-6(2,3)4-5-7;;/h10H,1-8H2;4-5H2,1-3H3;;/q;;+1;-1. The monoisotopic (exact) mass is 287 g/mol. The second-order valence-corrected chi connectivity index (χ2v) is 6.36. The van der Waals surface area contributed by atoms with Gasteiger partial charge in [-0.3, -0.25) is 0 Å². The number of piperidine rings is 1. The second-order valence-electron chi connectivity index (χ2n) is 5.98. The summed E-state index contributed by atoms with van der Waals surface area (Å²) in [6.07, 6.45) is 6.15. The minimum Gasteiger partial charge on any atom is -1.00 e. The summed E-state index contributed by atoms with van der Waals surface area (Å²) in [5.74, 6) is 0.781. The van der Waals surface area contributed by atoms with Gasteiger partial charge in [-0.1, -0.05) is 27.2 Å². The topological polar surface area (TPSA) is 23.5 Å². The van der Waals surface area contributed by atoms with Gasteiger partial charge in [-0.2, -0.15) is 0 Å². The number of hydrogen-bond donors (Lipinski definition) is 1. The van der Waals surface area contributed by atoms with Crippen LogP contribution in [0.2, 0.25) is 0 Å². The second kappa shape index (κ2) is 13.2. The van der Waals surface area contributed by atoms with Crippen LogP contribution in [-0.4, -0.2) is 42.1 Å². The van der Waals surface area contributed by atoms with Gasteiger partial charge in [0.15, 0.2) is 0 Å². The van der Waals surface area contributed by atoms with Gasteiger partial charge in [-0.15, -0.1) is 11.6 Å². The molecule has 18 heavy (non-hydrogen) atoms. The molecule has 2 nitrogen and oxygen atoms in total. The largest absolute Gasteiger partial charge is 1.00 e. The van der Waals surface area contributed by atoms with Crippen molar-refractivity contribution in [3.63, 3.8) is 0 Å². The molecule has 0 atom stereocenters. The van der Waals surface area contributed by atoms with Crippen LogP contribution in [-0.2, 0) is 0 Å². The molecular formula is C14H31ClNNaO. The SMILES string of the molecule is CC(C)(C)CCCl.OCCCN1CCCCC1.[H-].[Na+]. The van der Waals surface area contributed by atoms with Crippen LogP contribution < -0.4 is 29.6 Å². The Morgan fingerprint density at radius 2 is 1.72 bits per heavy atom. The van der Waals surface area contributed by atoms with E-state index in [0.29, 0.717) is 12.0 Å². The summed E-state index contributed by atoms with van der Waals surface area (Å²) in [6.45, 7) is 10.5. The molecule has 1 aliphatic rings. The van der Waals surface area contributed by atoms with E-state index in [2.05, 4.69) is 25.7 Å². The van der Waals surface area contributed by atoms with Crippen molar-refractivity contribution in [3.05, 3.63) is 0 Å². The fourth-order valence-electron chi connectivity index (χ4n) is 1.76. The summed E-state index contributed by atoms with van der Waals surface area (Å²) in [5.41, 5.74) is 0.418. The van der Waals surface area contributed by atoms with Gasteiger partial charge in [0.2, 0.25) is 0 Å². The first-order valence-corrected chi connectivity index (χ1v) is 7.42. The van der Waals surface area contributed by atoms with Gasteiger partial charge in [0.25, 0.3) is 0 Å². The van der Waals surface area contributed by atoms with Gasteiger partial charge < -0.3 is 11.4 Å². The number of alkyl halides is 1. The van der Waals surface area contributed by atoms with Crippen molar-refractivity contribution in [2.24, 2.45) is 5.41 Å². The number of aliphatic hydroxyl groups excluding tert-OH is 1. The van der Waals surface area contributed by atoms with E-state index in [4.69, 9.17) is 16.7 Å². The number of rotatable bonds is 4. The van der Waals surface area contributed by atoms with Gasteiger partial charge in [-0.25, -0.2) is 0 Å². The summed E-state index contributed by atoms with van der Waals surface area (Å²) in [7, 11) is 0. The van der Waals surface area contributed by atoms with Crippen molar-refractivity contribution in [1.29, 1.82) is 0 Å². The minimum atomic E-state index is 0. The van der Waals surface area contributed by atoms with E-state index in [9.17, 15) is 0 Å². The van der Waals surface area contributed by atoms with Gasteiger partial charge in [0.05, 0.1) is 0 Å². The molecule has 0 unspecified atom stereocenters. The van der Waals surface area contributed by atoms with Crippen LogP contribution in [0.5, 0.6) is 0 Å². The molecule has 0 bridgehead atoms. The van der Waals surface area contributed by atoms with Crippen LogP contribution in [0.3, 0.4) is 0 Å². The number of likely N-dealkylation sites (tertiary alicyclic amines) is 1. The predicted molar refractivity (Wildman–Crippen MR) is 77.9 cm³/mol. The Morgan fingerprint density at radius 1 is 1.17 bits per heavy atom. The Morgan fingerprint density at radius 3 is 2.06 bits per heavy atom. The van der Waals surface area contributed by atoms with Gasteiger partial charge in [-0.05, 0) is 44.2 Å². The normalized spacial score (nSPS) is 16.5. The quantitative estimate of drug-likeness (QED) is 0.606. The minimum absolute atomic E-state index is 0. The molecule has 0 aromatic rings. The number of nitrogens with zero attached hydrogens (tertiary/aromatic N) is 1. The first kappa shape index (κ1) is 21.5. The summed E-state index contributed by atoms with van der Waals surface area (Å²) < 4.78 is 0. The van der Waals surface area contributed by atoms with Crippen molar-refractivity contribution >= 4 is 11.6 Å². The molecule has 4 heteroatoms. The maximum Gasteiger partial charge on any atom is 1.00 e. The zero-order valence-corrected chi connectivity index (χ0v) is 15.6. The molecule has 106 valence electrons. The van der Waals surface area contributed by atoms with E-state index in [1.54, 1.807) is 0 Å². The molecule has 1 aliphatic heterocycles. The van der Waals surface area contributed by atoms with Crippen LogP contribution in [0.4, 0.5) is 0 Å². The molecule has 0 aliphatic carbocycles. The van der Waals surface area contributed by atoms with E-state index in [1.807, 2.05) is 0 Å². The molecular weight excluding hydrogens is 257 g/mol. The Labute approximate surface area is 142 Å². The first-order chi connectivity index (χ1) is 7.99. The zero-order valence-electron chi connectivity index (χ0n) is 13.8. The van der Waals surface area contributed by atoms with Crippen molar-refractivity contribution in [3.8, 4) is 0 Å². The van der Waals surface area contributed by atoms with E-state index in [1.165, 1.54) is 32.4 Å². The summed E-state index contributed by atoms with van der Waals surface area (Å²) in [6, 6.07) is 0. The smallest absolute Gasteiger partial charge is 1.00 e. The van der Waals surface area contributed by atoms with Crippen molar-refractivity contribution in [2.75, 3.05) is 32.1 Å². The summed E-state index contributed by atoms with van der Waals surface area (Å²) in [4.78, 5) is 2.44. The Kier molecular flexibility index (Phi) is 15.8.